The lowest BCUT2D eigenvalue weighted by molar-refractivity contribution is -0.114. The maximum absolute atomic E-state index is 11.1. The minimum atomic E-state index is -0.0528. The smallest absolute Gasteiger partial charge is 0.221 e. The molecule has 0 saturated carbocycles. The zero-order valence-electron chi connectivity index (χ0n) is 11.5. The summed E-state index contributed by atoms with van der Waals surface area (Å²) in [6.45, 7) is 4.26. The van der Waals surface area contributed by atoms with E-state index in [9.17, 15) is 4.79 Å². The Labute approximate surface area is 127 Å². The second-order valence-electron chi connectivity index (χ2n) is 4.69. The van der Waals surface area contributed by atoms with E-state index in [1.165, 1.54) is 12.5 Å². The van der Waals surface area contributed by atoms with Crippen molar-refractivity contribution in [2.75, 3.05) is 10.6 Å². The van der Waals surface area contributed by atoms with Crippen LogP contribution in [0.4, 0.5) is 11.4 Å². The number of nitrogens with one attached hydrogen (secondary N) is 2. The van der Waals surface area contributed by atoms with E-state index >= 15 is 0 Å². The van der Waals surface area contributed by atoms with Crippen LogP contribution in [0.1, 0.15) is 18.1 Å². The lowest BCUT2D eigenvalue weighted by atomic mass is 10.1. The molecule has 0 aliphatic heterocycles. The Morgan fingerprint density at radius 3 is 2.65 bits per heavy atom. The van der Waals surface area contributed by atoms with E-state index in [-0.39, 0.29) is 5.91 Å². The van der Waals surface area contributed by atoms with Crippen LogP contribution in [0, 0.1) is 6.92 Å². The predicted octanol–water partition coefficient (Wildman–Crippen LogP) is 4.33. The van der Waals surface area contributed by atoms with Crippen molar-refractivity contribution in [3.05, 3.63) is 58.1 Å². The first-order chi connectivity index (χ1) is 9.54. The van der Waals surface area contributed by atoms with Gasteiger partial charge in [0.15, 0.2) is 0 Å². The largest absolute Gasteiger partial charge is 0.381 e. The Bertz CT molecular complexity index is 626. The average Bonchev–Trinajstić information content (AvgIpc) is 2.39. The molecule has 2 aromatic rings. The summed E-state index contributed by atoms with van der Waals surface area (Å²) >= 11 is 3.46. The number of amides is 1. The number of benzene rings is 2. The fraction of sp³-hybridized carbons (Fsp3) is 0.188. The number of rotatable bonds is 4. The highest BCUT2D eigenvalue weighted by Crippen LogP contribution is 2.20. The second kappa shape index (κ2) is 6.57. The van der Waals surface area contributed by atoms with Crippen LogP contribution in [0.2, 0.25) is 0 Å². The lowest BCUT2D eigenvalue weighted by Gasteiger charge is -2.11. The van der Waals surface area contributed by atoms with Crippen molar-refractivity contribution >= 4 is 33.2 Å². The molecule has 2 rings (SSSR count). The number of halogens is 1. The molecule has 3 nitrogen and oxygen atoms in total. The molecule has 0 aromatic heterocycles. The minimum Gasteiger partial charge on any atom is -0.381 e. The van der Waals surface area contributed by atoms with Crippen LogP contribution >= 0.6 is 15.9 Å². The highest BCUT2D eigenvalue weighted by molar-refractivity contribution is 9.10. The van der Waals surface area contributed by atoms with Crippen molar-refractivity contribution in [1.29, 1.82) is 0 Å². The number of aryl methyl sites for hydroxylation is 1. The summed E-state index contributed by atoms with van der Waals surface area (Å²) in [5, 5.41) is 6.18. The first-order valence-corrected chi connectivity index (χ1v) is 7.20. The monoisotopic (exact) mass is 332 g/mol. The van der Waals surface area contributed by atoms with E-state index in [1.54, 1.807) is 0 Å². The third-order valence-corrected chi connectivity index (χ3v) is 3.42. The van der Waals surface area contributed by atoms with Crippen LogP contribution in [0.3, 0.4) is 0 Å². The van der Waals surface area contributed by atoms with Gasteiger partial charge in [0.2, 0.25) is 5.91 Å². The van der Waals surface area contributed by atoms with Crippen molar-refractivity contribution in [3.63, 3.8) is 0 Å². The molecule has 0 unspecified atom stereocenters. The van der Waals surface area contributed by atoms with Crippen LogP contribution in [0.5, 0.6) is 0 Å². The lowest BCUT2D eigenvalue weighted by Crippen LogP contribution is -2.07. The Morgan fingerprint density at radius 1 is 1.20 bits per heavy atom. The minimum absolute atomic E-state index is 0.0528. The predicted molar refractivity (Wildman–Crippen MR) is 87.0 cm³/mol. The molecule has 0 saturated heterocycles. The Morgan fingerprint density at radius 2 is 2.00 bits per heavy atom. The topological polar surface area (TPSA) is 41.1 Å². The molecule has 0 aliphatic rings. The van der Waals surface area contributed by atoms with Gasteiger partial charge in [-0.2, -0.15) is 0 Å². The number of hydrogen-bond acceptors (Lipinski definition) is 2. The van der Waals surface area contributed by atoms with Gasteiger partial charge in [0, 0.05) is 29.3 Å². The van der Waals surface area contributed by atoms with Gasteiger partial charge in [0.05, 0.1) is 0 Å². The summed E-state index contributed by atoms with van der Waals surface area (Å²) in [6, 6.07) is 14.1. The van der Waals surface area contributed by atoms with Crippen molar-refractivity contribution in [2.45, 2.75) is 20.4 Å². The third kappa shape index (κ3) is 4.10. The van der Waals surface area contributed by atoms with Gasteiger partial charge in [0.1, 0.15) is 0 Å². The molecule has 0 radical (unpaired) electrons. The molecule has 0 atom stereocenters. The molecule has 0 aliphatic carbocycles. The number of carbonyl (C=O) groups is 1. The average molecular weight is 333 g/mol. The van der Waals surface area contributed by atoms with Gasteiger partial charge in [-0.3, -0.25) is 4.79 Å². The molecule has 1 amide bonds. The van der Waals surface area contributed by atoms with Crippen molar-refractivity contribution in [2.24, 2.45) is 0 Å². The van der Waals surface area contributed by atoms with Crippen LogP contribution in [0.15, 0.2) is 46.9 Å². The van der Waals surface area contributed by atoms with E-state index in [4.69, 9.17) is 0 Å². The normalized spacial score (nSPS) is 10.2. The van der Waals surface area contributed by atoms with Gasteiger partial charge in [-0.25, -0.2) is 0 Å². The van der Waals surface area contributed by atoms with Gasteiger partial charge in [-0.15, -0.1) is 0 Å². The van der Waals surface area contributed by atoms with Gasteiger partial charge in [-0.1, -0.05) is 28.1 Å². The Kier molecular flexibility index (Phi) is 4.79. The van der Waals surface area contributed by atoms with Crippen LogP contribution in [-0.4, -0.2) is 5.91 Å². The standard InChI is InChI=1S/C16H17BrN2O/c1-11-8-15(6-7-16(11)19-12(2)20)18-10-13-4-3-5-14(17)9-13/h3-9,18H,10H2,1-2H3,(H,19,20). The number of anilines is 2. The molecule has 2 N–H and O–H groups in total. The summed E-state index contributed by atoms with van der Waals surface area (Å²) < 4.78 is 1.08. The van der Waals surface area contributed by atoms with Crippen molar-refractivity contribution in [1.82, 2.24) is 0 Å². The van der Waals surface area contributed by atoms with Crippen molar-refractivity contribution < 1.29 is 4.79 Å². The van der Waals surface area contributed by atoms with Gasteiger partial charge < -0.3 is 10.6 Å². The third-order valence-electron chi connectivity index (χ3n) is 2.92. The summed E-state index contributed by atoms with van der Waals surface area (Å²) in [6.07, 6.45) is 0. The van der Waals surface area contributed by atoms with Crippen LogP contribution in [0.25, 0.3) is 0 Å². The molecule has 2 aromatic carbocycles. The molecular weight excluding hydrogens is 316 g/mol. The zero-order chi connectivity index (χ0) is 14.5. The summed E-state index contributed by atoms with van der Waals surface area (Å²) in [7, 11) is 0. The molecule has 20 heavy (non-hydrogen) atoms. The van der Waals surface area contributed by atoms with E-state index in [1.807, 2.05) is 37.3 Å². The fourth-order valence-corrected chi connectivity index (χ4v) is 2.40. The second-order valence-corrected chi connectivity index (χ2v) is 5.61. The van der Waals surface area contributed by atoms with E-state index < -0.39 is 0 Å². The maximum Gasteiger partial charge on any atom is 0.221 e. The summed E-state index contributed by atoms with van der Waals surface area (Å²) in [4.78, 5) is 11.1. The highest BCUT2D eigenvalue weighted by Gasteiger charge is 2.02. The molecule has 0 fully saturated rings. The molecule has 0 bridgehead atoms. The zero-order valence-corrected chi connectivity index (χ0v) is 13.1. The maximum atomic E-state index is 11.1. The Balaban J connectivity index is 2.03. The number of hydrogen-bond donors (Lipinski definition) is 2. The highest BCUT2D eigenvalue weighted by atomic mass is 79.9. The van der Waals surface area contributed by atoms with Gasteiger partial charge in [-0.05, 0) is 48.4 Å². The molecular formula is C16H17BrN2O. The molecule has 0 spiro atoms. The fourth-order valence-electron chi connectivity index (χ4n) is 1.95. The first-order valence-electron chi connectivity index (χ1n) is 6.41. The first kappa shape index (κ1) is 14.6. The van der Waals surface area contributed by atoms with Gasteiger partial charge in [0.25, 0.3) is 0 Å². The van der Waals surface area contributed by atoms with Crippen molar-refractivity contribution in [3.8, 4) is 0 Å². The van der Waals surface area contributed by atoms with Crippen LogP contribution < -0.4 is 10.6 Å². The molecule has 0 heterocycles. The molecule has 104 valence electrons. The van der Waals surface area contributed by atoms with Crippen LogP contribution in [-0.2, 0) is 11.3 Å². The Hall–Kier alpha value is -1.81. The summed E-state index contributed by atoms with van der Waals surface area (Å²) in [5.74, 6) is -0.0528. The number of carbonyl (C=O) groups excluding carboxylic acids is 1. The summed E-state index contributed by atoms with van der Waals surface area (Å²) in [5.41, 5.74) is 4.14. The molecule has 4 heteroatoms. The SMILES string of the molecule is CC(=O)Nc1ccc(NCc2cccc(Br)c2)cc1C. The van der Waals surface area contributed by atoms with Gasteiger partial charge >= 0.3 is 0 Å². The van der Waals surface area contributed by atoms with E-state index in [0.29, 0.717) is 0 Å². The van der Waals surface area contributed by atoms with E-state index in [2.05, 4.69) is 38.7 Å². The van der Waals surface area contributed by atoms with E-state index in [0.717, 1.165) is 28.0 Å². The quantitative estimate of drug-likeness (QED) is 0.874.